The van der Waals surface area contributed by atoms with Crippen LogP contribution in [0.4, 0.5) is 0 Å². The zero-order valence-corrected chi connectivity index (χ0v) is 21.0. The Morgan fingerprint density at radius 2 is 1.32 bits per heavy atom. The lowest BCUT2D eigenvalue weighted by Crippen LogP contribution is -2.14. The Labute approximate surface area is 219 Å². The van der Waals surface area contributed by atoms with Crippen LogP contribution in [0, 0.1) is 0 Å². The van der Waals surface area contributed by atoms with Gasteiger partial charge in [0.25, 0.3) is 0 Å². The predicted octanol–water partition coefficient (Wildman–Crippen LogP) is 5.57. The highest BCUT2D eigenvalue weighted by Gasteiger charge is 2.22. The van der Waals surface area contributed by atoms with E-state index in [9.17, 15) is 0 Å². The fraction of sp³-hybridized carbons (Fsp3) is 0.267. The summed E-state index contributed by atoms with van der Waals surface area (Å²) in [5.74, 6) is 1.95. The molecule has 8 nitrogen and oxygen atoms in total. The van der Waals surface area contributed by atoms with Gasteiger partial charge >= 0.3 is 0 Å². The Hall–Kier alpha value is -4.14. The van der Waals surface area contributed by atoms with Crippen molar-refractivity contribution in [3.05, 3.63) is 72.6 Å². The van der Waals surface area contributed by atoms with Gasteiger partial charge < -0.3 is 20.6 Å². The van der Waals surface area contributed by atoms with Gasteiger partial charge in [-0.25, -0.2) is 19.9 Å². The molecule has 2 aliphatic rings. The van der Waals surface area contributed by atoms with Crippen molar-refractivity contribution in [1.82, 2.24) is 40.5 Å². The summed E-state index contributed by atoms with van der Waals surface area (Å²) in [4.78, 5) is 26.3. The molecule has 2 atom stereocenters. The molecule has 4 N–H and O–H groups in total. The SMILES string of the molecule is c1ccc2c(-c3cnc4[nH]c(C5CCCN5)nc4c3)c(-c3cnc4[nH]c(C5CCCN5)nc4c3)ccc2c1. The Balaban J connectivity index is 1.28. The third-order valence-electron chi connectivity index (χ3n) is 8.02. The van der Waals surface area contributed by atoms with E-state index in [2.05, 4.69) is 69.1 Å². The summed E-state index contributed by atoms with van der Waals surface area (Å²) in [7, 11) is 0. The maximum atomic E-state index is 4.93. The first-order chi connectivity index (χ1) is 18.8. The summed E-state index contributed by atoms with van der Waals surface area (Å²) >= 11 is 0. The molecule has 6 aromatic rings. The first kappa shape index (κ1) is 21.9. The summed E-state index contributed by atoms with van der Waals surface area (Å²) in [5, 5.41) is 9.42. The van der Waals surface area contributed by atoms with Crippen molar-refractivity contribution >= 4 is 33.1 Å². The van der Waals surface area contributed by atoms with Crippen LogP contribution in [0.3, 0.4) is 0 Å². The minimum atomic E-state index is 0.275. The van der Waals surface area contributed by atoms with Gasteiger partial charge in [0.2, 0.25) is 0 Å². The van der Waals surface area contributed by atoms with E-state index in [1.54, 1.807) is 0 Å². The lowest BCUT2D eigenvalue weighted by molar-refractivity contribution is 0.614. The van der Waals surface area contributed by atoms with Gasteiger partial charge in [0.1, 0.15) is 22.7 Å². The number of aromatic amines is 2. The Morgan fingerprint density at radius 3 is 1.97 bits per heavy atom. The quantitative estimate of drug-likeness (QED) is 0.252. The lowest BCUT2D eigenvalue weighted by atomic mass is 9.91. The maximum absolute atomic E-state index is 4.93. The molecule has 0 aliphatic carbocycles. The number of rotatable bonds is 4. The molecule has 0 radical (unpaired) electrons. The number of benzene rings is 2. The van der Waals surface area contributed by atoms with E-state index < -0.39 is 0 Å². The second-order valence-electron chi connectivity index (χ2n) is 10.4. The molecule has 0 saturated carbocycles. The third-order valence-corrected chi connectivity index (χ3v) is 8.02. The van der Waals surface area contributed by atoms with Crippen molar-refractivity contribution in [2.75, 3.05) is 13.1 Å². The number of aromatic nitrogens is 6. The summed E-state index contributed by atoms with van der Waals surface area (Å²) in [6.07, 6.45) is 8.46. The molecule has 2 fully saturated rings. The number of nitrogens with one attached hydrogen (secondary N) is 4. The number of H-pyrrole nitrogens is 2. The predicted molar refractivity (Wildman–Crippen MR) is 150 cm³/mol. The number of hydrogen-bond donors (Lipinski definition) is 4. The molecule has 8 heteroatoms. The van der Waals surface area contributed by atoms with Crippen molar-refractivity contribution in [1.29, 1.82) is 0 Å². The van der Waals surface area contributed by atoms with Gasteiger partial charge in [0.05, 0.1) is 12.1 Å². The first-order valence-corrected chi connectivity index (χ1v) is 13.5. The zero-order valence-electron chi connectivity index (χ0n) is 21.0. The molecule has 38 heavy (non-hydrogen) atoms. The van der Waals surface area contributed by atoms with Gasteiger partial charge in [-0.05, 0) is 72.8 Å². The smallest absolute Gasteiger partial charge is 0.157 e. The van der Waals surface area contributed by atoms with E-state index >= 15 is 0 Å². The van der Waals surface area contributed by atoms with E-state index in [0.29, 0.717) is 0 Å². The lowest BCUT2D eigenvalue weighted by Gasteiger charge is -2.14. The number of imidazole rings is 2. The molecule has 8 rings (SSSR count). The van der Waals surface area contributed by atoms with E-state index in [1.165, 1.54) is 23.6 Å². The highest BCUT2D eigenvalue weighted by molar-refractivity contribution is 6.05. The summed E-state index contributed by atoms with van der Waals surface area (Å²) in [6.45, 7) is 2.07. The first-order valence-electron chi connectivity index (χ1n) is 13.5. The van der Waals surface area contributed by atoms with Crippen LogP contribution in [0.2, 0.25) is 0 Å². The molecular formula is C30H28N8. The fourth-order valence-electron chi connectivity index (χ4n) is 6.10. The van der Waals surface area contributed by atoms with Gasteiger partial charge in [-0.1, -0.05) is 36.4 Å². The third kappa shape index (κ3) is 3.60. The molecule has 0 spiro atoms. The van der Waals surface area contributed by atoms with E-state index in [1.807, 2.05) is 12.4 Å². The van der Waals surface area contributed by atoms with Gasteiger partial charge in [-0.3, -0.25) is 0 Å². The summed E-state index contributed by atoms with van der Waals surface area (Å²) < 4.78 is 0. The molecule has 2 unspecified atom stereocenters. The molecular weight excluding hydrogens is 472 g/mol. The Kier molecular flexibility index (Phi) is 5.02. The highest BCUT2D eigenvalue weighted by atomic mass is 15.1. The van der Waals surface area contributed by atoms with Crippen molar-refractivity contribution in [3.8, 4) is 22.3 Å². The average molecular weight is 501 g/mol. The Bertz CT molecular complexity index is 1800. The van der Waals surface area contributed by atoms with Crippen LogP contribution in [-0.4, -0.2) is 43.0 Å². The van der Waals surface area contributed by atoms with Crippen LogP contribution in [-0.2, 0) is 0 Å². The fourth-order valence-corrected chi connectivity index (χ4v) is 6.10. The summed E-state index contributed by atoms with van der Waals surface area (Å²) in [5.41, 5.74) is 7.75. The van der Waals surface area contributed by atoms with Crippen LogP contribution in [0.5, 0.6) is 0 Å². The highest BCUT2D eigenvalue weighted by Crippen LogP contribution is 2.39. The average Bonchev–Trinajstić information content (AvgIpc) is 3.77. The Morgan fingerprint density at radius 1 is 0.684 bits per heavy atom. The molecule has 4 aromatic heterocycles. The van der Waals surface area contributed by atoms with Gasteiger partial charge in [0, 0.05) is 23.5 Å². The molecule has 0 amide bonds. The second-order valence-corrected chi connectivity index (χ2v) is 10.4. The normalized spacial score (nSPS) is 19.8. The molecule has 2 saturated heterocycles. The zero-order chi connectivity index (χ0) is 25.1. The van der Waals surface area contributed by atoms with Crippen molar-refractivity contribution in [3.63, 3.8) is 0 Å². The monoisotopic (exact) mass is 500 g/mol. The van der Waals surface area contributed by atoms with E-state index in [0.717, 1.165) is 82.2 Å². The second kappa shape index (κ2) is 8.72. The number of pyridine rings is 2. The van der Waals surface area contributed by atoms with E-state index in [-0.39, 0.29) is 12.1 Å². The number of fused-ring (bicyclic) bond motifs is 3. The topological polar surface area (TPSA) is 107 Å². The maximum Gasteiger partial charge on any atom is 0.157 e. The van der Waals surface area contributed by atoms with Gasteiger partial charge in [-0.15, -0.1) is 0 Å². The van der Waals surface area contributed by atoms with Crippen molar-refractivity contribution in [2.45, 2.75) is 37.8 Å². The minimum absolute atomic E-state index is 0.275. The van der Waals surface area contributed by atoms with Crippen LogP contribution in [0.25, 0.3) is 55.4 Å². The van der Waals surface area contributed by atoms with Crippen LogP contribution < -0.4 is 10.6 Å². The van der Waals surface area contributed by atoms with Gasteiger partial charge in [0.15, 0.2) is 11.3 Å². The molecule has 2 aromatic carbocycles. The molecule has 2 aliphatic heterocycles. The molecule has 188 valence electrons. The minimum Gasteiger partial charge on any atom is -0.325 e. The van der Waals surface area contributed by atoms with Crippen molar-refractivity contribution < 1.29 is 0 Å². The van der Waals surface area contributed by atoms with Gasteiger partial charge in [-0.2, -0.15) is 0 Å². The number of hydrogen-bond acceptors (Lipinski definition) is 6. The van der Waals surface area contributed by atoms with Crippen LogP contribution >= 0.6 is 0 Å². The summed E-state index contributed by atoms with van der Waals surface area (Å²) in [6, 6.07) is 17.7. The largest absolute Gasteiger partial charge is 0.325 e. The standard InChI is InChI=1S/C30H28N8/c1-2-6-20-17(5-1)9-10-21(18-13-24-27(33-15-18)37-29(35-24)22-7-3-11-31-22)26(20)19-14-25-28(34-16-19)38-30(36-25)23-8-4-12-32-23/h1-2,5-6,9-10,13-16,22-23,31-32H,3-4,7-8,11-12H2,(H,33,35,37)(H,34,36,38). The molecule has 6 heterocycles. The van der Waals surface area contributed by atoms with Crippen LogP contribution in [0.15, 0.2) is 60.9 Å². The number of nitrogens with zero attached hydrogens (tertiary/aromatic N) is 4. The van der Waals surface area contributed by atoms with Crippen molar-refractivity contribution in [2.24, 2.45) is 0 Å². The molecule has 0 bridgehead atoms. The van der Waals surface area contributed by atoms with Crippen LogP contribution in [0.1, 0.15) is 49.4 Å². The van der Waals surface area contributed by atoms with E-state index in [4.69, 9.17) is 19.9 Å².